The molecule has 0 spiro atoms. The molecule has 0 atom stereocenters. The highest BCUT2D eigenvalue weighted by Gasteiger charge is 2.12. The Kier molecular flexibility index (Phi) is 10.5. The van der Waals surface area contributed by atoms with Crippen molar-refractivity contribution in [1.29, 1.82) is 0 Å². The van der Waals surface area contributed by atoms with E-state index >= 15 is 0 Å². The molecule has 48 heavy (non-hydrogen) atoms. The molecule has 2 N–H and O–H groups in total. The number of nitrogens with one attached hydrogen (secondary N) is 2. The summed E-state index contributed by atoms with van der Waals surface area (Å²) >= 11 is 0. The maximum absolute atomic E-state index is 13.7. The van der Waals surface area contributed by atoms with Crippen molar-refractivity contribution in [2.75, 3.05) is 10.6 Å². The molecule has 16 heteroatoms. The van der Waals surface area contributed by atoms with Gasteiger partial charge in [-0.05, 0) is 30.3 Å². The second kappa shape index (κ2) is 15.4. The van der Waals surface area contributed by atoms with Gasteiger partial charge in [0.15, 0.2) is 11.5 Å². The molecule has 0 aliphatic heterocycles. The van der Waals surface area contributed by atoms with Gasteiger partial charge in [-0.25, -0.2) is 42.5 Å². The zero-order chi connectivity index (χ0) is 33.9. The van der Waals surface area contributed by atoms with Crippen molar-refractivity contribution >= 4 is 23.2 Å². The van der Waals surface area contributed by atoms with Crippen LogP contribution in [0.3, 0.4) is 0 Å². The number of hydrogen-bond donors (Lipinski definition) is 2. The molecule has 6 rings (SSSR count). The number of pyridine rings is 2. The molecule has 0 radical (unpaired) electrons. The van der Waals surface area contributed by atoms with E-state index in [-0.39, 0.29) is 37.1 Å². The molecule has 0 aliphatic rings. The second-order valence-electron chi connectivity index (χ2n) is 9.33. The van der Waals surface area contributed by atoms with Crippen LogP contribution in [0.4, 0.5) is 28.9 Å². The van der Waals surface area contributed by atoms with Crippen LogP contribution < -0.4 is 20.1 Å². The van der Waals surface area contributed by atoms with Crippen molar-refractivity contribution < 1.29 is 39.5 Å². The Bertz CT molecular complexity index is 2040. The summed E-state index contributed by atoms with van der Waals surface area (Å²) in [5, 5.41) is 4.90. The van der Waals surface area contributed by atoms with Crippen LogP contribution in [-0.4, -0.2) is 41.7 Å². The van der Waals surface area contributed by atoms with E-state index in [9.17, 15) is 27.2 Å². The lowest BCUT2D eigenvalue weighted by molar-refractivity contribution is 0.101. The summed E-state index contributed by atoms with van der Waals surface area (Å²) in [6, 6.07) is 11.8. The van der Waals surface area contributed by atoms with Crippen LogP contribution in [0.25, 0.3) is 0 Å². The fourth-order valence-corrected chi connectivity index (χ4v) is 3.77. The fraction of sp³-hybridized carbons (Fsp3) is 0. The van der Waals surface area contributed by atoms with Gasteiger partial charge in [-0.15, -0.1) is 0 Å². The lowest BCUT2D eigenvalue weighted by Crippen LogP contribution is -2.14. The third-order valence-corrected chi connectivity index (χ3v) is 5.72. The molecule has 6 aromatic rings. The van der Waals surface area contributed by atoms with E-state index < -0.39 is 35.1 Å². The summed E-state index contributed by atoms with van der Waals surface area (Å²) in [5.41, 5.74) is 0.175. The Hall–Kier alpha value is -6.84. The van der Waals surface area contributed by atoms with Gasteiger partial charge in [0.05, 0.1) is 31.0 Å². The summed E-state index contributed by atoms with van der Waals surface area (Å²) in [5.74, 6) is -2.71. The lowest BCUT2D eigenvalue weighted by Gasteiger charge is -2.09. The molecule has 0 fully saturated rings. The SMILES string of the molecule is O=C(Nc1cc(F)cc(Oc2cncnc2)c1)c1cc(F)ccn1.O=C(Nc1cc(F)cc(Oc2cncnc2)c1)c1ccc(F)cn1.[HH].[HH]. The van der Waals surface area contributed by atoms with Crippen LogP contribution in [0.5, 0.6) is 23.0 Å². The topological polar surface area (TPSA) is 154 Å². The first-order valence-corrected chi connectivity index (χ1v) is 13.5. The van der Waals surface area contributed by atoms with Crippen molar-refractivity contribution in [3.63, 3.8) is 0 Å². The normalized spacial score (nSPS) is 10.2. The minimum absolute atomic E-state index is 0. The maximum atomic E-state index is 13.7. The van der Waals surface area contributed by atoms with Crippen molar-refractivity contribution in [3.05, 3.63) is 145 Å². The Morgan fingerprint density at radius 3 is 1.52 bits per heavy atom. The average Bonchev–Trinajstić information content (AvgIpc) is 3.06. The van der Waals surface area contributed by atoms with Crippen molar-refractivity contribution in [2.24, 2.45) is 0 Å². The average molecular weight is 661 g/mol. The van der Waals surface area contributed by atoms with E-state index in [2.05, 4.69) is 40.5 Å². The largest absolute Gasteiger partial charge is 0.454 e. The van der Waals surface area contributed by atoms with E-state index in [1.807, 2.05) is 0 Å². The van der Waals surface area contributed by atoms with E-state index in [0.29, 0.717) is 11.5 Å². The van der Waals surface area contributed by atoms with Crippen molar-refractivity contribution in [3.8, 4) is 23.0 Å². The zero-order valence-electron chi connectivity index (χ0n) is 24.2. The first-order valence-electron chi connectivity index (χ1n) is 13.5. The Balaban J connectivity index is 0.000000260. The number of aromatic nitrogens is 6. The molecule has 0 aliphatic carbocycles. The van der Waals surface area contributed by atoms with Crippen LogP contribution in [0.15, 0.2) is 110 Å². The quantitative estimate of drug-likeness (QED) is 0.165. The first kappa shape index (κ1) is 32.6. The molecule has 244 valence electrons. The van der Waals surface area contributed by atoms with Gasteiger partial charge in [-0.1, -0.05) is 0 Å². The molecule has 2 amide bonds. The van der Waals surface area contributed by atoms with Gasteiger partial charge in [0.25, 0.3) is 11.8 Å². The summed E-state index contributed by atoms with van der Waals surface area (Å²) in [6.07, 6.45) is 10.4. The smallest absolute Gasteiger partial charge is 0.274 e. The molecule has 0 unspecified atom stereocenters. The summed E-state index contributed by atoms with van der Waals surface area (Å²) in [6.45, 7) is 0. The summed E-state index contributed by atoms with van der Waals surface area (Å²) < 4.78 is 64.2. The number of rotatable bonds is 8. The molecule has 4 heterocycles. The molecule has 12 nitrogen and oxygen atoms in total. The maximum Gasteiger partial charge on any atom is 0.274 e. The lowest BCUT2D eigenvalue weighted by atomic mass is 10.2. The highest BCUT2D eigenvalue weighted by Crippen LogP contribution is 2.26. The Morgan fingerprint density at radius 1 is 0.521 bits per heavy atom. The molecular formula is C32H24F4N8O4. The first-order chi connectivity index (χ1) is 23.2. The number of nitrogens with zero attached hydrogens (tertiary/aromatic N) is 6. The predicted octanol–water partition coefficient (Wildman–Crippen LogP) is 6.88. The van der Waals surface area contributed by atoms with Gasteiger partial charge in [-0.3, -0.25) is 14.6 Å². The number of benzene rings is 2. The number of halogens is 4. The zero-order valence-corrected chi connectivity index (χ0v) is 24.2. The molecule has 0 saturated carbocycles. The van der Waals surface area contributed by atoms with E-state index in [1.165, 1.54) is 61.8 Å². The molecule has 2 aromatic carbocycles. The van der Waals surface area contributed by atoms with Crippen LogP contribution in [-0.2, 0) is 0 Å². The van der Waals surface area contributed by atoms with Gasteiger partial charge >= 0.3 is 0 Å². The fourth-order valence-electron chi connectivity index (χ4n) is 3.77. The number of carbonyl (C=O) groups is 2. The van der Waals surface area contributed by atoms with E-state index in [4.69, 9.17) is 9.47 Å². The van der Waals surface area contributed by atoms with Gasteiger partial charge in [0.2, 0.25) is 0 Å². The number of ether oxygens (including phenoxy) is 2. The van der Waals surface area contributed by atoms with Gasteiger partial charge < -0.3 is 20.1 Å². The van der Waals surface area contributed by atoms with Crippen LogP contribution in [0, 0.1) is 23.3 Å². The van der Waals surface area contributed by atoms with Crippen molar-refractivity contribution in [2.45, 2.75) is 0 Å². The third kappa shape index (κ3) is 9.58. The molecule has 0 bridgehead atoms. The van der Waals surface area contributed by atoms with Crippen LogP contribution in [0.2, 0.25) is 0 Å². The summed E-state index contributed by atoms with van der Waals surface area (Å²) in [4.78, 5) is 46.6. The summed E-state index contributed by atoms with van der Waals surface area (Å²) in [7, 11) is 0. The minimum Gasteiger partial charge on any atom is -0.454 e. The minimum atomic E-state index is -0.672. The van der Waals surface area contributed by atoms with E-state index in [1.54, 1.807) is 0 Å². The standard InChI is InChI=1S/2C16H10F2N4O2.2H2/c17-10-1-2-15(21-6-10)16(23)22-12-3-11(18)4-13(5-12)24-14-7-19-9-20-8-14;17-10-1-2-21-15(5-10)16(23)22-12-3-11(18)4-13(6-12)24-14-7-19-9-20-8-14;;/h2*1-9H,(H,22,23);2*1H. The van der Waals surface area contributed by atoms with Crippen molar-refractivity contribution in [1.82, 2.24) is 29.9 Å². The van der Waals surface area contributed by atoms with E-state index in [0.717, 1.165) is 48.7 Å². The molecular weight excluding hydrogens is 636 g/mol. The second-order valence-corrected chi connectivity index (χ2v) is 9.33. The monoisotopic (exact) mass is 660 g/mol. The molecule has 0 saturated heterocycles. The number of anilines is 2. The predicted molar refractivity (Wildman–Crippen MR) is 166 cm³/mol. The Morgan fingerprint density at radius 2 is 1.04 bits per heavy atom. The number of hydrogen-bond acceptors (Lipinski definition) is 10. The number of carbonyl (C=O) groups excluding carboxylic acids is 2. The number of amides is 2. The van der Waals surface area contributed by atoms with Gasteiger partial charge in [0, 0.05) is 50.8 Å². The third-order valence-electron chi connectivity index (χ3n) is 5.72. The van der Waals surface area contributed by atoms with Crippen LogP contribution >= 0.6 is 0 Å². The van der Waals surface area contributed by atoms with Gasteiger partial charge in [-0.2, -0.15) is 0 Å². The van der Waals surface area contributed by atoms with Gasteiger partial charge in [0.1, 0.15) is 58.8 Å². The highest BCUT2D eigenvalue weighted by atomic mass is 19.1. The molecule has 4 aromatic heterocycles. The highest BCUT2D eigenvalue weighted by molar-refractivity contribution is 6.03. The van der Waals surface area contributed by atoms with Crippen LogP contribution in [0.1, 0.15) is 23.8 Å². The Labute approximate surface area is 271 Å².